The minimum absolute atomic E-state index is 0.0240. The zero-order valence-corrected chi connectivity index (χ0v) is 16.2. The highest BCUT2D eigenvalue weighted by atomic mass is 32.2. The molecule has 0 aromatic heterocycles. The van der Waals surface area contributed by atoms with Crippen molar-refractivity contribution in [3.63, 3.8) is 0 Å². The number of amides is 1. The van der Waals surface area contributed by atoms with Crippen LogP contribution in [0.2, 0.25) is 0 Å². The van der Waals surface area contributed by atoms with E-state index >= 15 is 0 Å². The number of carbonyl (C=O) groups is 2. The number of benzene rings is 1. The van der Waals surface area contributed by atoms with Crippen molar-refractivity contribution < 1.29 is 23.1 Å². The van der Waals surface area contributed by atoms with Crippen molar-refractivity contribution in [2.45, 2.75) is 30.7 Å². The number of hydrogen-bond donors (Lipinski definition) is 2. The molecule has 1 aromatic carbocycles. The van der Waals surface area contributed by atoms with Gasteiger partial charge in [-0.2, -0.15) is 16.5 Å². The first-order chi connectivity index (χ1) is 11.7. The maximum Gasteiger partial charge on any atom is 0.305 e. The lowest BCUT2D eigenvalue weighted by Crippen LogP contribution is -2.48. The van der Waals surface area contributed by atoms with Crippen molar-refractivity contribution >= 4 is 33.7 Å². The zero-order valence-electron chi connectivity index (χ0n) is 14.6. The molecular weight excluding hydrogens is 364 g/mol. The highest BCUT2D eigenvalue weighted by Crippen LogP contribution is 2.13. The molecule has 7 nitrogen and oxygen atoms in total. The lowest BCUT2D eigenvalue weighted by atomic mass is 10.2. The van der Waals surface area contributed by atoms with Crippen LogP contribution in [0.25, 0.3) is 0 Å². The van der Waals surface area contributed by atoms with Crippen molar-refractivity contribution in [3.8, 4) is 0 Å². The van der Waals surface area contributed by atoms with Gasteiger partial charge in [0.15, 0.2) is 0 Å². The quantitative estimate of drug-likeness (QED) is 0.627. The van der Waals surface area contributed by atoms with E-state index in [1.165, 1.54) is 35.8 Å². The molecule has 0 bridgehead atoms. The summed E-state index contributed by atoms with van der Waals surface area (Å²) in [6.45, 7) is 1.88. The molecule has 0 fully saturated rings. The Hall–Kier alpha value is -1.58. The Bertz CT molecular complexity index is 689. The normalized spacial score (nSPS) is 12.6. The zero-order chi connectivity index (χ0) is 19.0. The molecule has 9 heteroatoms. The van der Waals surface area contributed by atoms with Gasteiger partial charge in [0.05, 0.1) is 11.3 Å². The number of likely N-dealkylation sites (N-methyl/N-ethyl adjacent to an activating group) is 1. The molecule has 1 aromatic rings. The van der Waals surface area contributed by atoms with E-state index in [4.69, 9.17) is 5.11 Å². The van der Waals surface area contributed by atoms with E-state index < -0.39 is 27.9 Å². The molecule has 0 saturated carbocycles. The lowest BCUT2D eigenvalue weighted by Gasteiger charge is -2.24. The summed E-state index contributed by atoms with van der Waals surface area (Å²) in [6.07, 6.45) is 1.99. The number of nitrogens with zero attached hydrogens (tertiary/aromatic N) is 1. The number of carboxylic acid groups (broad SMARTS) is 1. The predicted octanol–water partition coefficient (Wildman–Crippen LogP) is 1.33. The summed E-state index contributed by atoms with van der Waals surface area (Å²) in [5.41, 5.74) is 0.933. The Morgan fingerprint density at radius 3 is 2.40 bits per heavy atom. The first kappa shape index (κ1) is 21.5. The van der Waals surface area contributed by atoms with Crippen molar-refractivity contribution in [2.24, 2.45) is 0 Å². The van der Waals surface area contributed by atoms with Crippen LogP contribution in [0, 0.1) is 6.92 Å². The molecule has 0 saturated heterocycles. The van der Waals surface area contributed by atoms with E-state index in [9.17, 15) is 18.0 Å². The third-order valence-electron chi connectivity index (χ3n) is 3.57. The van der Waals surface area contributed by atoms with Crippen LogP contribution in [-0.2, 0) is 19.6 Å². The Morgan fingerprint density at radius 2 is 1.88 bits per heavy atom. The van der Waals surface area contributed by atoms with Gasteiger partial charge >= 0.3 is 5.97 Å². The van der Waals surface area contributed by atoms with E-state index in [1.54, 1.807) is 12.1 Å². The van der Waals surface area contributed by atoms with Gasteiger partial charge in [-0.1, -0.05) is 17.7 Å². The average Bonchev–Trinajstić information content (AvgIpc) is 2.56. The fourth-order valence-electron chi connectivity index (χ4n) is 2.08. The molecule has 0 aliphatic carbocycles. The Morgan fingerprint density at radius 1 is 1.28 bits per heavy atom. The first-order valence-electron chi connectivity index (χ1n) is 7.72. The molecule has 0 radical (unpaired) electrons. The van der Waals surface area contributed by atoms with Crippen LogP contribution in [0.1, 0.15) is 18.4 Å². The highest BCUT2D eigenvalue weighted by molar-refractivity contribution is 7.98. The number of sulfonamides is 1. The lowest BCUT2D eigenvalue weighted by molar-refractivity contribution is -0.138. The van der Waals surface area contributed by atoms with Crippen LogP contribution in [-0.4, -0.2) is 61.9 Å². The fourth-order valence-corrected chi connectivity index (χ4v) is 3.78. The van der Waals surface area contributed by atoms with E-state index in [0.29, 0.717) is 12.2 Å². The third kappa shape index (κ3) is 7.05. The SMILES string of the molecule is CSCCC(NS(=O)(=O)c1ccc(C)cc1)C(=O)N(C)CCC(=O)O. The molecule has 1 atom stereocenters. The number of rotatable bonds is 10. The summed E-state index contributed by atoms with van der Waals surface area (Å²) in [6, 6.07) is 5.42. The standard InChI is InChI=1S/C16H24N2O5S2/c1-12-4-6-13(7-5-12)25(22,23)17-14(9-11-24-3)16(21)18(2)10-8-15(19)20/h4-7,14,17H,8-11H2,1-3H3,(H,19,20). The van der Waals surface area contributed by atoms with Crippen molar-refractivity contribution in [1.29, 1.82) is 0 Å². The predicted molar refractivity (Wildman–Crippen MR) is 98.2 cm³/mol. The van der Waals surface area contributed by atoms with Gasteiger partial charge in [-0.15, -0.1) is 0 Å². The summed E-state index contributed by atoms with van der Waals surface area (Å²) < 4.78 is 27.5. The molecule has 0 heterocycles. The fraction of sp³-hybridized carbons (Fsp3) is 0.500. The molecule has 0 spiro atoms. The topological polar surface area (TPSA) is 104 Å². The number of aliphatic carboxylic acids is 1. The van der Waals surface area contributed by atoms with Crippen LogP contribution < -0.4 is 4.72 Å². The Kier molecular flexibility index (Phi) is 8.40. The molecule has 25 heavy (non-hydrogen) atoms. The minimum Gasteiger partial charge on any atom is -0.481 e. The summed E-state index contributed by atoms with van der Waals surface area (Å²) >= 11 is 1.50. The molecule has 0 aliphatic heterocycles. The maximum atomic E-state index is 12.5. The van der Waals surface area contributed by atoms with Crippen LogP contribution >= 0.6 is 11.8 Å². The van der Waals surface area contributed by atoms with Gasteiger partial charge in [-0.3, -0.25) is 9.59 Å². The van der Waals surface area contributed by atoms with Gasteiger partial charge in [-0.05, 0) is 37.5 Å². The molecule has 1 rings (SSSR count). The number of aryl methyl sites for hydroxylation is 1. The van der Waals surface area contributed by atoms with Crippen molar-refractivity contribution in [3.05, 3.63) is 29.8 Å². The molecule has 1 unspecified atom stereocenters. The van der Waals surface area contributed by atoms with E-state index in [0.717, 1.165) is 5.56 Å². The smallest absolute Gasteiger partial charge is 0.305 e. The largest absolute Gasteiger partial charge is 0.481 e. The van der Waals surface area contributed by atoms with E-state index in [2.05, 4.69) is 4.72 Å². The monoisotopic (exact) mass is 388 g/mol. The van der Waals surface area contributed by atoms with Crippen molar-refractivity contribution in [2.75, 3.05) is 25.6 Å². The molecular formula is C16H24N2O5S2. The maximum absolute atomic E-state index is 12.5. The van der Waals surface area contributed by atoms with Crippen LogP contribution in [0.3, 0.4) is 0 Å². The first-order valence-corrected chi connectivity index (χ1v) is 10.6. The summed E-state index contributed by atoms with van der Waals surface area (Å²) in [7, 11) is -2.37. The second-order valence-electron chi connectivity index (χ2n) is 5.67. The van der Waals surface area contributed by atoms with Gasteiger partial charge in [-0.25, -0.2) is 8.42 Å². The highest BCUT2D eigenvalue weighted by Gasteiger charge is 2.27. The summed E-state index contributed by atoms with van der Waals surface area (Å²) in [5, 5.41) is 8.73. The molecule has 2 N–H and O–H groups in total. The van der Waals surface area contributed by atoms with Gasteiger partial charge in [0.1, 0.15) is 6.04 Å². The average molecular weight is 389 g/mol. The molecule has 140 valence electrons. The number of thioether (sulfide) groups is 1. The summed E-state index contributed by atoms with van der Waals surface area (Å²) in [4.78, 5) is 24.5. The van der Waals surface area contributed by atoms with Gasteiger partial charge in [0.25, 0.3) is 0 Å². The van der Waals surface area contributed by atoms with Gasteiger partial charge in [0.2, 0.25) is 15.9 Å². The van der Waals surface area contributed by atoms with Crippen LogP contribution in [0.5, 0.6) is 0 Å². The number of hydrogen-bond acceptors (Lipinski definition) is 5. The molecule has 0 aliphatic rings. The number of nitrogens with one attached hydrogen (secondary N) is 1. The third-order valence-corrected chi connectivity index (χ3v) is 5.71. The summed E-state index contributed by atoms with van der Waals surface area (Å²) in [5.74, 6) is -0.855. The second kappa shape index (κ2) is 9.79. The van der Waals surface area contributed by atoms with Crippen LogP contribution in [0.15, 0.2) is 29.2 Å². The second-order valence-corrected chi connectivity index (χ2v) is 8.37. The number of carbonyl (C=O) groups excluding carboxylic acids is 1. The van der Waals surface area contributed by atoms with Gasteiger partial charge in [0, 0.05) is 13.6 Å². The number of carboxylic acids is 1. The Labute approximate surface area is 152 Å². The molecule has 1 amide bonds. The minimum atomic E-state index is -3.84. The van der Waals surface area contributed by atoms with Crippen molar-refractivity contribution in [1.82, 2.24) is 9.62 Å². The van der Waals surface area contributed by atoms with Crippen LogP contribution in [0.4, 0.5) is 0 Å². The van der Waals surface area contributed by atoms with E-state index in [-0.39, 0.29) is 17.9 Å². The van der Waals surface area contributed by atoms with E-state index in [1.807, 2.05) is 13.2 Å². The van der Waals surface area contributed by atoms with Gasteiger partial charge < -0.3 is 10.0 Å². The Balaban J connectivity index is 2.92.